The number of Topliss-reactive ketones (excluding diaryl/α,β-unsaturated/α-hetero) is 3. The molecule has 0 fully saturated rings. The Morgan fingerprint density at radius 3 is 2.33 bits per heavy atom. The number of hydrogen-bond donors (Lipinski definition) is 0. The molecule has 1 heterocycles. The number of benzene rings is 1. The lowest BCUT2D eigenvalue weighted by molar-refractivity contribution is 0.0796. The first-order valence-electron chi connectivity index (χ1n) is 5.43. The monoisotopic (exact) mass is 240 g/mol. The molecule has 0 saturated carbocycles. The van der Waals surface area contributed by atoms with E-state index in [-0.39, 0.29) is 17.3 Å². The topological polar surface area (TPSA) is 64.3 Å². The van der Waals surface area contributed by atoms with Gasteiger partial charge in [-0.05, 0) is 11.6 Å². The van der Waals surface area contributed by atoms with Crippen molar-refractivity contribution in [3.8, 4) is 11.1 Å². The van der Waals surface area contributed by atoms with Crippen LogP contribution in [0.2, 0.25) is 0 Å². The van der Waals surface area contributed by atoms with Crippen molar-refractivity contribution in [2.24, 2.45) is 0 Å². The van der Waals surface area contributed by atoms with Gasteiger partial charge in [0, 0.05) is 18.1 Å². The molecule has 4 heteroatoms. The summed E-state index contributed by atoms with van der Waals surface area (Å²) < 4.78 is 5.19. The van der Waals surface area contributed by atoms with E-state index in [2.05, 4.69) is 0 Å². The van der Waals surface area contributed by atoms with Crippen molar-refractivity contribution in [1.82, 2.24) is 0 Å². The van der Waals surface area contributed by atoms with E-state index < -0.39 is 11.6 Å². The number of carbonyl (C=O) groups excluding carboxylic acids is 3. The predicted molar refractivity (Wildman–Crippen MR) is 62.8 cm³/mol. The molecule has 0 amide bonds. The van der Waals surface area contributed by atoms with E-state index in [1.807, 2.05) is 0 Å². The van der Waals surface area contributed by atoms with Crippen LogP contribution in [0.1, 0.15) is 38.4 Å². The second-order valence-electron chi connectivity index (χ2n) is 4.11. The van der Waals surface area contributed by atoms with Gasteiger partial charge in [0.15, 0.2) is 17.3 Å². The van der Waals surface area contributed by atoms with Crippen molar-refractivity contribution in [3.05, 3.63) is 47.4 Å². The maximum absolute atomic E-state index is 11.9. The summed E-state index contributed by atoms with van der Waals surface area (Å²) in [7, 11) is 0. The number of hydrogen-bond acceptors (Lipinski definition) is 4. The van der Waals surface area contributed by atoms with Crippen molar-refractivity contribution < 1.29 is 18.8 Å². The van der Waals surface area contributed by atoms with E-state index >= 15 is 0 Å². The van der Waals surface area contributed by atoms with Gasteiger partial charge in [-0.2, -0.15) is 0 Å². The average molecular weight is 240 g/mol. The van der Waals surface area contributed by atoms with Crippen LogP contribution in [0.15, 0.2) is 34.7 Å². The second-order valence-corrected chi connectivity index (χ2v) is 4.11. The highest BCUT2D eigenvalue weighted by Crippen LogP contribution is 2.35. The highest BCUT2D eigenvalue weighted by Gasteiger charge is 2.34. The van der Waals surface area contributed by atoms with Crippen LogP contribution in [-0.2, 0) is 0 Å². The van der Waals surface area contributed by atoms with Gasteiger partial charge in [0.05, 0.1) is 0 Å². The maximum Gasteiger partial charge on any atom is 0.269 e. The van der Waals surface area contributed by atoms with Crippen molar-refractivity contribution in [2.75, 3.05) is 0 Å². The van der Waals surface area contributed by atoms with Crippen LogP contribution in [0.5, 0.6) is 0 Å². The number of carbonyl (C=O) groups is 3. The number of rotatable bonds is 1. The van der Waals surface area contributed by atoms with Crippen LogP contribution < -0.4 is 0 Å². The first kappa shape index (κ1) is 10.7. The van der Waals surface area contributed by atoms with Crippen LogP contribution in [-0.4, -0.2) is 17.3 Å². The van der Waals surface area contributed by atoms with Gasteiger partial charge < -0.3 is 4.42 Å². The fourth-order valence-corrected chi connectivity index (χ4v) is 2.07. The molecule has 0 unspecified atom stereocenters. The largest absolute Gasteiger partial charge is 0.449 e. The minimum absolute atomic E-state index is 0.0381. The van der Waals surface area contributed by atoms with Gasteiger partial charge >= 0.3 is 0 Å². The van der Waals surface area contributed by atoms with Crippen molar-refractivity contribution >= 4 is 17.3 Å². The zero-order valence-corrected chi connectivity index (χ0v) is 9.52. The normalized spacial score (nSPS) is 13.2. The minimum Gasteiger partial charge on any atom is -0.449 e. The van der Waals surface area contributed by atoms with E-state index in [1.54, 1.807) is 24.3 Å². The predicted octanol–water partition coefficient (Wildman–Crippen LogP) is 2.53. The summed E-state index contributed by atoms with van der Waals surface area (Å²) in [5.41, 5.74) is 1.50. The molecule has 0 N–H and O–H groups in total. The summed E-state index contributed by atoms with van der Waals surface area (Å²) in [6, 6.07) is 8.31. The van der Waals surface area contributed by atoms with Crippen LogP contribution in [0.4, 0.5) is 0 Å². The Balaban J connectivity index is 2.34. The van der Waals surface area contributed by atoms with E-state index in [0.717, 1.165) is 0 Å². The van der Waals surface area contributed by atoms with Crippen molar-refractivity contribution in [3.63, 3.8) is 0 Å². The molecule has 4 nitrogen and oxygen atoms in total. The molecule has 1 aromatic heterocycles. The fourth-order valence-electron chi connectivity index (χ4n) is 2.07. The minimum atomic E-state index is -0.698. The molecule has 0 atom stereocenters. The molecule has 1 aromatic carbocycles. The Morgan fingerprint density at radius 2 is 1.67 bits per heavy atom. The first-order chi connectivity index (χ1) is 8.59. The second kappa shape index (κ2) is 3.50. The molecule has 1 aliphatic carbocycles. The molecule has 88 valence electrons. The summed E-state index contributed by atoms with van der Waals surface area (Å²) in [5, 5.41) is 0. The zero-order chi connectivity index (χ0) is 12.9. The standard InChI is InChI=1S/C14H8O4/c1-7(15)11-6-10-8-4-2-3-5-9(8)12(16)13(17)14(10)18-11/h2-6H,1H3. The summed E-state index contributed by atoms with van der Waals surface area (Å²) in [5.74, 6) is -1.51. The number of fused-ring (bicyclic) bond motifs is 3. The Bertz CT molecular complexity index is 706. The molecule has 2 aromatic rings. The molecular formula is C14H8O4. The summed E-state index contributed by atoms with van der Waals surface area (Å²) in [6.45, 7) is 1.35. The molecule has 0 bridgehead atoms. The zero-order valence-electron chi connectivity index (χ0n) is 9.52. The van der Waals surface area contributed by atoms with Gasteiger partial charge in [-0.15, -0.1) is 0 Å². The van der Waals surface area contributed by atoms with Gasteiger partial charge in [-0.1, -0.05) is 24.3 Å². The molecule has 0 radical (unpaired) electrons. The maximum atomic E-state index is 11.9. The Morgan fingerprint density at radius 1 is 1.00 bits per heavy atom. The SMILES string of the molecule is CC(=O)c1cc2c(o1)C(=O)C(=O)c1ccccc1-2. The molecule has 3 rings (SSSR count). The summed E-state index contributed by atoms with van der Waals surface area (Å²) in [4.78, 5) is 35.0. The molecule has 0 saturated heterocycles. The Hall–Kier alpha value is -2.49. The molecule has 1 aliphatic rings. The highest BCUT2D eigenvalue weighted by molar-refractivity contribution is 6.52. The fraction of sp³-hybridized carbons (Fsp3) is 0.0714. The van der Waals surface area contributed by atoms with Crippen LogP contribution in [0.3, 0.4) is 0 Å². The van der Waals surface area contributed by atoms with Crippen molar-refractivity contribution in [1.29, 1.82) is 0 Å². The van der Waals surface area contributed by atoms with Gasteiger partial charge in [-0.25, -0.2) is 0 Å². The van der Waals surface area contributed by atoms with Gasteiger partial charge in [0.1, 0.15) is 0 Å². The van der Waals surface area contributed by atoms with Crippen molar-refractivity contribution in [2.45, 2.75) is 6.92 Å². The van der Waals surface area contributed by atoms with E-state index in [1.165, 1.54) is 13.0 Å². The molecule has 18 heavy (non-hydrogen) atoms. The lowest BCUT2D eigenvalue weighted by atomic mass is 9.88. The van der Waals surface area contributed by atoms with E-state index in [9.17, 15) is 14.4 Å². The third-order valence-electron chi connectivity index (χ3n) is 2.95. The quantitative estimate of drug-likeness (QED) is 0.567. The third-order valence-corrected chi connectivity index (χ3v) is 2.95. The molecular weight excluding hydrogens is 232 g/mol. The van der Waals surface area contributed by atoms with E-state index in [4.69, 9.17) is 4.42 Å². The number of furan rings is 1. The van der Waals surface area contributed by atoms with Gasteiger partial charge in [0.25, 0.3) is 5.78 Å². The van der Waals surface area contributed by atoms with E-state index in [0.29, 0.717) is 16.7 Å². The average Bonchev–Trinajstić information content (AvgIpc) is 2.81. The smallest absolute Gasteiger partial charge is 0.269 e. The van der Waals surface area contributed by atoms with Crippen LogP contribution >= 0.6 is 0 Å². The lowest BCUT2D eigenvalue weighted by Gasteiger charge is -2.12. The molecule has 0 spiro atoms. The van der Waals surface area contributed by atoms with Gasteiger partial charge in [0.2, 0.25) is 5.78 Å². The van der Waals surface area contributed by atoms with Gasteiger partial charge in [-0.3, -0.25) is 14.4 Å². The number of ketones is 3. The first-order valence-corrected chi connectivity index (χ1v) is 5.43. The molecule has 0 aliphatic heterocycles. The summed E-state index contributed by atoms with van der Waals surface area (Å²) in [6.07, 6.45) is 0. The summed E-state index contributed by atoms with van der Waals surface area (Å²) >= 11 is 0. The Labute approximate surface area is 102 Å². The third kappa shape index (κ3) is 1.29. The highest BCUT2D eigenvalue weighted by atomic mass is 16.4. The Kier molecular flexibility index (Phi) is 2.07. The lowest BCUT2D eigenvalue weighted by Crippen LogP contribution is -2.19. The van der Waals surface area contributed by atoms with Crippen LogP contribution in [0, 0.1) is 0 Å². The van der Waals surface area contributed by atoms with Crippen LogP contribution in [0.25, 0.3) is 11.1 Å².